The number of nitrogens with one attached hydrogen (secondary N) is 2. The first-order valence-corrected chi connectivity index (χ1v) is 7.41. The fourth-order valence-electron chi connectivity index (χ4n) is 1.73. The third kappa shape index (κ3) is 3.73. The van der Waals surface area contributed by atoms with Crippen molar-refractivity contribution in [3.8, 4) is 0 Å². The average Bonchev–Trinajstić information content (AvgIpc) is 2.68. The number of rotatable bonds is 3. The molecule has 0 radical (unpaired) electrons. The van der Waals surface area contributed by atoms with Crippen LogP contribution in [-0.4, -0.2) is 27.5 Å². The van der Waals surface area contributed by atoms with E-state index in [-0.39, 0.29) is 28.4 Å². The van der Waals surface area contributed by atoms with Gasteiger partial charge in [0.05, 0.1) is 5.02 Å². The van der Waals surface area contributed by atoms with Crippen molar-refractivity contribution in [2.24, 2.45) is 0 Å². The first-order valence-electron chi connectivity index (χ1n) is 5.17. The maximum atomic E-state index is 12.1. The van der Waals surface area contributed by atoms with Crippen LogP contribution in [0.5, 0.6) is 0 Å². The minimum Gasteiger partial charge on any atom is -0.315 e. The molecule has 1 fully saturated rings. The lowest BCUT2D eigenvalue weighted by molar-refractivity contribution is 0.560. The van der Waals surface area contributed by atoms with Crippen LogP contribution in [0.1, 0.15) is 6.42 Å². The molecule has 2 rings (SSSR count). The van der Waals surface area contributed by atoms with Crippen molar-refractivity contribution in [2.75, 3.05) is 13.1 Å². The third-order valence-corrected chi connectivity index (χ3v) is 4.80. The maximum Gasteiger partial charge on any atom is 0.242 e. The topological polar surface area (TPSA) is 58.2 Å². The molecule has 1 heterocycles. The lowest BCUT2D eigenvalue weighted by Gasteiger charge is -2.13. The Morgan fingerprint density at radius 2 is 2.06 bits per heavy atom. The van der Waals surface area contributed by atoms with Crippen LogP contribution in [0.3, 0.4) is 0 Å². The molecule has 0 aromatic heterocycles. The summed E-state index contributed by atoms with van der Waals surface area (Å²) in [5, 5.41) is 3.64. The third-order valence-electron chi connectivity index (χ3n) is 2.57. The van der Waals surface area contributed by atoms with Gasteiger partial charge in [0, 0.05) is 17.6 Å². The Bertz CT molecular complexity index is 516. The Morgan fingerprint density at radius 3 is 2.61 bits per heavy atom. The Morgan fingerprint density at radius 1 is 1.33 bits per heavy atom. The van der Waals surface area contributed by atoms with Crippen LogP contribution in [0.25, 0.3) is 0 Å². The van der Waals surface area contributed by atoms with Crippen molar-refractivity contribution >= 4 is 45.6 Å². The molecule has 0 bridgehead atoms. The van der Waals surface area contributed by atoms with Crippen molar-refractivity contribution in [2.45, 2.75) is 17.4 Å². The smallest absolute Gasteiger partial charge is 0.242 e. The van der Waals surface area contributed by atoms with Gasteiger partial charge in [0.1, 0.15) is 4.90 Å². The van der Waals surface area contributed by atoms with Crippen molar-refractivity contribution in [3.05, 3.63) is 28.2 Å². The first kappa shape index (κ1) is 16.0. The number of hydrogen-bond acceptors (Lipinski definition) is 3. The zero-order valence-electron chi connectivity index (χ0n) is 9.32. The summed E-state index contributed by atoms with van der Waals surface area (Å²) < 4.78 is 26.7. The van der Waals surface area contributed by atoms with E-state index in [4.69, 9.17) is 23.2 Å². The predicted octanol–water partition coefficient (Wildman–Crippen LogP) is 2.06. The van der Waals surface area contributed by atoms with Gasteiger partial charge in [0.25, 0.3) is 0 Å². The highest BCUT2D eigenvalue weighted by Crippen LogP contribution is 2.25. The molecule has 0 saturated carbocycles. The molecular formula is C10H13Cl3N2O2S. The van der Waals surface area contributed by atoms with Gasteiger partial charge in [0.2, 0.25) is 10.0 Å². The molecule has 102 valence electrons. The van der Waals surface area contributed by atoms with E-state index in [1.54, 1.807) is 0 Å². The van der Waals surface area contributed by atoms with Gasteiger partial charge >= 0.3 is 0 Å². The second kappa shape index (κ2) is 6.41. The van der Waals surface area contributed by atoms with Crippen LogP contribution in [0, 0.1) is 0 Å². The van der Waals surface area contributed by atoms with Crippen molar-refractivity contribution in [1.82, 2.24) is 10.0 Å². The number of hydrogen-bond donors (Lipinski definition) is 2. The average molecular weight is 332 g/mol. The molecule has 0 spiro atoms. The van der Waals surface area contributed by atoms with Crippen LogP contribution in [0.15, 0.2) is 23.1 Å². The molecule has 0 aliphatic carbocycles. The van der Waals surface area contributed by atoms with Crippen molar-refractivity contribution in [1.29, 1.82) is 0 Å². The molecule has 1 aromatic rings. The molecule has 2 N–H and O–H groups in total. The largest absolute Gasteiger partial charge is 0.315 e. The molecule has 4 nitrogen and oxygen atoms in total. The molecule has 8 heteroatoms. The van der Waals surface area contributed by atoms with Gasteiger partial charge in [-0.15, -0.1) is 12.4 Å². The summed E-state index contributed by atoms with van der Waals surface area (Å²) in [6.07, 6.45) is 0.782. The van der Waals surface area contributed by atoms with Crippen LogP contribution in [0.4, 0.5) is 0 Å². The molecular weight excluding hydrogens is 319 g/mol. The molecule has 1 aliphatic rings. The van der Waals surface area contributed by atoms with Crippen molar-refractivity contribution in [3.63, 3.8) is 0 Å². The summed E-state index contributed by atoms with van der Waals surface area (Å²) in [5.41, 5.74) is 0. The van der Waals surface area contributed by atoms with E-state index in [1.807, 2.05) is 0 Å². The van der Waals surface area contributed by atoms with E-state index in [2.05, 4.69) is 10.0 Å². The maximum absolute atomic E-state index is 12.1. The molecule has 1 aliphatic heterocycles. The number of benzene rings is 1. The zero-order valence-corrected chi connectivity index (χ0v) is 12.5. The first-order chi connectivity index (χ1) is 7.99. The number of halogens is 3. The predicted molar refractivity (Wildman–Crippen MR) is 75.3 cm³/mol. The van der Waals surface area contributed by atoms with Gasteiger partial charge < -0.3 is 5.32 Å². The minimum atomic E-state index is -3.57. The summed E-state index contributed by atoms with van der Waals surface area (Å²) >= 11 is 11.6. The van der Waals surface area contributed by atoms with Crippen molar-refractivity contribution < 1.29 is 8.42 Å². The summed E-state index contributed by atoms with van der Waals surface area (Å²) in [4.78, 5) is 0.0652. The lowest BCUT2D eigenvalue weighted by atomic mass is 10.3. The summed E-state index contributed by atoms with van der Waals surface area (Å²) in [6, 6.07) is 4.27. The Labute approximate surface area is 123 Å². The number of sulfonamides is 1. The summed E-state index contributed by atoms with van der Waals surface area (Å²) in [5.74, 6) is 0. The van der Waals surface area contributed by atoms with E-state index in [9.17, 15) is 8.42 Å². The SMILES string of the molecule is Cl.O=S(=O)(NC1CCNC1)c1ccc(Cl)cc1Cl. The van der Waals surface area contributed by atoms with E-state index in [0.29, 0.717) is 11.6 Å². The standard InChI is InChI=1S/C10H12Cl2N2O2S.ClH/c11-7-1-2-10(9(12)5-7)17(15,16)14-8-3-4-13-6-8;/h1-2,5,8,13-14H,3-4,6H2;1H. The lowest BCUT2D eigenvalue weighted by Crippen LogP contribution is -2.36. The Hall–Kier alpha value is -0.0400. The normalized spacial score (nSPS) is 19.6. The van der Waals surface area contributed by atoms with E-state index in [0.717, 1.165) is 13.0 Å². The monoisotopic (exact) mass is 330 g/mol. The fraction of sp³-hybridized carbons (Fsp3) is 0.400. The fourth-order valence-corrected chi connectivity index (χ4v) is 3.77. The highest BCUT2D eigenvalue weighted by atomic mass is 35.5. The van der Waals surface area contributed by atoms with Crippen LogP contribution in [-0.2, 0) is 10.0 Å². The van der Waals surface area contributed by atoms with Crippen LogP contribution < -0.4 is 10.0 Å². The second-order valence-electron chi connectivity index (χ2n) is 3.89. The quantitative estimate of drug-likeness (QED) is 0.891. The molecule has 1 saturated heterocycles. The van der Waals surface area contributed by atoms with Gasteiger partial charge in [-0.05, 0) is 31.2 Å². The highest BCUT2D eigenvalue weighted by molar-refractivity contribution is 7.89. The minimum absolute atomic E-state index is 0. The second-order valence-corrected chi connectivity index (χ2v) is 6.41. The van der Waals surface area contributed by atoms with E-state index >= 15 is 0 Å². The van der Waals surface area contributed by atoms with Gasteiger partial charge in [-0.1, -0.05) is 23.2 Å². The van der Waals surface area contributed by atoms with Gasteiger partial charge in [-0.3, -0.25) is 0 Å². The Balaban J connectivity index is 0.00000162. The van der Waals surface area contributed by atoms with Crippen LogP contribution in [0.2, 0.25) is 10.0 Å². The molecule has 1 unspecified atom stereocenters. The summed E-state index contributed by atoms with van der Waals surface area (Å²) in [7, 11) is -3.57. The van der Waals surface area contributed by atoms with Gasteiger partial charge in [-0.2, -0.15) is 0 Å². The van der Waals surface area contributed by atoms with Gasteiger partial charge in [0.15, 0.2) is 0 Å². The van der Waals surface area contributed by atoms with E-state index in [1.165, 1.54) is 18.2 Å². The van der Waals surface area contributed by atoms with Crippen LogP contribution >= 0.6 is 35.6 Å². The molecule has 1 aromatic carbocycles. The van der Waals surface area contributed by atoms with E-state index < -0.39 is 10.0 Å². The highest BCUT2D eigenvalue weighted by Gasteiger charge is 2.24. The molecule has 0 amide bonds. The molecule has 18 heavy (non-hydrogen) atoms. The zero-order chi connectivity index (χ0) is 12.5. The Kier molecular flexibility index (Phi) is 5.70. The molecule has 1 atom stereocenters. The summed E-state index contributed by atoms with van der Waals surface area (Å²) in [6.45, 7) is 1.46. The van der Waals surface area contributed by atoms with Gasteiger partial charge in [-0.25, -0.2) is 13.1 Å².